The van der Waals surface area contributed by atoms with Gasteiger partial charge < -0.3 is 10.6 Å². The van der Waals surface area contributed by atoms with Crippen molar-refractivity contribution >= 4 is 11.8 Å². The Balaban J connectivity index is 2.10. The molecule has 1 fully saturated rings. The predicted molar refractivity (Wildman–Crippen MR) is 65.8 cm³/mol. The van der Waals surface area contributed by atoms with Crippen LogP contribution >= 0.6 is 11.8 Å². The van der Waals surface area contributed by atoms with Gasteiger partial charge in [0.2, 0.25) is 0 Å². The first-order valence-electron chi connectivity index (χ1n) is 5.69. The molecule has 0 aromatic rings. The maximum Gasteiger partial charge on any atom is 0.0175 e. The Morgan fingerprint density at radius 3 is 2.64 bits per heavy atom. The maximum absolute atomic E-state index is 6.07. The van der Waals surface area contributed by atoms with Crippen molar-refractivity contribution in [3.8, 4) is 0 Å². The minimum absolute atomic E-state index is 0.385. The molecule has 1 aliphatic rings. The standard InChI is InChI=1S/C11H24N2S/c1-10-3-6-13(7-4-10)9-11(12)5-8-14-2/h10-11H,3-9,12H2,1-2H3/t11-/m0/s1. The molecule has 1 atom stereocenters. The van der Waals surface area contributed by atoms with Crippen LogP contribution in [0.5, 0.6) is 0 Å². The number of hydrogen-bond acceptors (Lipinski definition) is 3. The molecule has 0 aromatic heterocycles. The van der Waals surface area contributed by atoms with E-state index in [0.29, 0.717) is 6.04 Å². The predicted octanol–water partition coefficient (Wildman–Crippen LogP) is 1.80. The first-order chi connectivity index (χ1) is 6.72. The Kier molecular flexibility index (Phi) is 5.90. The third kappa shape index (κ3) is 4.67. The molecule has 0 unspecified atom stereocenters. The highest BCUT2D eigenvalue weighted by atomic mass is 32.2. The second-order valence-corrected chi connectivity index (χ2v) is 5.51. The number of likely N-dealkylation sites (tertiary alicyclic amines) is 1. The van der Waals surface area contributed by atoms with Crippen LogP contribution in [0.15, 0.2) is 0 Å². The molecule has 1 rings (SSSR count). The molecule has 0 radical (unpaired) electrons. The van der Waals surface area contributed by atoms with Crippen molar-refractivity contribution in [1.29, 1.82) is 0 Å². The lowest BCUT2D eigenvalue weighted by atomic mass is 9.99. The summed E-state index contributed by atoms with van der Waals surface area (Å²) in [7, 11) is 0. The summed E-state index contributed by atoms with van der Waals surface area (Å²) >= 11 is 1.89. The van der Waals surface area contributed by atoms with Crippen LogP contribution < -0.4 is 5.73 Å². The summed E-state index contributed by atoms with van der Waals surface area (Å²) < 4.78 is 0. The molecule has 0 amide bonds. The highest BCUT2D eigenvalue weighted by molar-refractivity contribution is 7.98. The summed E-state index contributed by atoms with van der Waals surface area (Å²) in [5.41, 5.74) is 6.07. The van der Waals surface area contributed by atoms with Gasteiger partial charge >= 0.3 is 0 Å². The number of nitrogens with zero attached hydrogens (tertiary/aromatic N) is 1. The Morgan fingerprint density at radius 1 is 1.43 bits per heavy atom. The van der Waals surface area contributed by atoms with E-state index in [4.69, 9.17) is 5.73 Å². The first-order valence-corrected chi connectivity index (χ1v) is 7.08. The van der Waals surface area contributed by atoms with Crippen LogP contribution in [0.25, 0.3) is 0 Å². The zero-order chi connectivity index (χ0) is 10.4. The van der Waals surface area contributed by atoms with Gasteiger partial charge in [0.05, 0.1) is 0 Å². The molecule has 14 heavy (non-hydrogen) atoms. The molecule has 0 aromatic carbocycles. The van der Waals surface area contributed by atoms with Gasteiger partial charge in [-0.25, -0.2) is 0 Å². The fourth-order valence-corrected chi connectivity index (χ4v) is 2.48. The molecule has 0 bridgehead atoms. The summed E-state index contributed by atoms with van der Waals surface area (Å²) in [6.07, 6.45) is 6.02. The smallest absolute Gasteiger partial charge is 0.0175 e. The summed E-state index contributed by atoms with van der Waals surface area (Å²) in [6, 6.07) is 0.385. The van der Waals surface area contributed by atoms with Crippen LogP contribution in [-0.2, 0) is 0 Å². The molecular weight excluding hydrogens is 192 g/mol. The Hall–Kier alpha value is 0.270. The monoisotopic (exact) mass is 216 g/mol. The Bertz CT molecular complexity index is 144. The third-order valence-corrected chi connectivity index (χ3v) is 3.71. The Morgan fingerprint density at radius 2 is 2.07 bits per heavy atom. The minimum Gasteiger partial charge on any atom is -0.327 e. The van der Waals surface area contributed by atoms with Gasteiger partial charge in [0, 0.05) is 12.6 Å². The lowest BCUT2D eigenvalue weighted by Gasteiger charge is -2.31. The van der Waals surface area contributed by atoms with Gasteiger partial charge in [-0.05, 0) is 50.3 Å². The highest BCUT2D eigenvalue weighted by Gasteiger charge is 2.17. The largest absolute Gasteiger partial charge is 0.327 e. The topological polar surface area (TPSA) is 29.3 Å². The molecular formula is C11H24N2S. The summed E-state index contributed by atoms with van der Waals surface area (Å²) in [5, 5.41) is 0. The van der Waals surface area contributed by atoms with E-state index in [2.05, 4.69) is 18.1 Å². The van der Waals surface area contributed by atoms with E-state index < -0.39 is 0 Å². The van der Waals surface area contributed by atoms with E-state index in [1.807, 2.05) is 11.8 Å². The number of rotatable bonds is 5. The average molecular weight is 216 g/mol. The molecule has 84 valence electrons. The van der Waals surface area contributed by atoms with Crippen LogP contribution in [0.2, 0.25) is 0 Å². The number of hydrogen-bond donors (Lipinski definition) is 1. The lowest BCUT2D eigenvalue weighted by molar-refractivity contribution is 0.182. The quantitative estimate of drug-likeness (QED) is 0.760. The number of nitrogens with two attached hydrogens (primary N) is 1. The molecule has 1 heterocycles. The van der Waals surface area contributed by atoms with E-state index in [-0.39, 0.29) is 0 Å². The number of thioether (sulfide) groups is 1. The zero-order valence-electron chi connectivity index (χ0n) is 9.54. The first kappa shape index (κ1) is 12.3. The van der Waals surface area contributed by atoms with E-state index in [9.17, 15) is 0 Å². The molecule has 0 spiro atoms. The van der Waals surface area contributed by atoms with E-state index in [0.717, 1.165) is 18.9 Å². The van der Waals surface area contributed by atoms with Crippen molar-refractivity contribution in [1.82, 2.24) is 4.90 Å². The fraction of sp³-hybridized carbons (Fsp3) is 1.00. The summed E-state index contributed by atoms with van der Waals surface area (Å²) in [6.45, 7) is 5.97. The number of piperidine rings is 1. The highest BCUT2D eigenvalue weighted by Crippen LogP contribution is 2.16. The average Bonchev–Trinajstić information content (AvgIpc) is 2.18. The minimum atomic E-state index is 0.385. The SMILES string of the molecule is CSCC[C@H](N)CN1CCC(C)CC1. The summed E-state index contributed by atoms with van der Waals surface area (Å²) in [5.74, 6) is 2.12. The molecule has 0 aliphatic carbocycles. The molecule has 2 N–H and O–H groups in total. The van der Waals surface area contributed by atoms with Crippen molar-refractivity contribution in [3.05, 3.63) is 0 Å². The van der Waals surface area contributed by atoms with Crippen LogP contribution in [0.3, 0.4) is 0 Å². The van der Waals surface area contributed by atoms with Gasteiger partial charge in [0.25, 0.3) is 0 Å². The van der Waals surface area contributed by atoms with E-state index >= 15 is 0 Å². The van der Waals surface area contributed by atoms with Crippen molar-refractivity contribution in [2.45, 2.75) is 32.2 Å². The summed E-state index contributed by atoms with van der Waals surface area (Å²) in [4.78, 5) is 2.53. The second kappa shape index (κ2) is 6.70. The fourth-order valence-electron chi connectivity index (χ4n) is 1.94. The van der Waals surface area contributed by atoms with Crippen LogP contribution in [-0.4, -0.2) is 42.6 Å². The molecule has 1 saturated heterocycles. The van der Waals surface area contributed by atoms with E-state index in [1.165, 1.54) is 31.7 Å². The third-order valence-electron chi connectivity index (χ3n) is 3.06. The van der Waals surface area contributed by atoms with Gasteiger partial charge in [-0.1, -0.05) is 6.92 Å². The molecule has 1 aliphatic heterocycles. The molecule has 3 heteroatoms. The van der Waals surface area contributed by atoms with Crippen molar-refractivity contribution in [2.24, 2.45) is 11.7 Å². The zero-order valence-corrected chi connectivity index (χ0v) is 10.4. The maximum atomic E-state index is 6.07. The lowest BCUT2D eigenvalue weighted by Crippen LogP contribution is -2.41. The van der Waals surface area contributed by atoms with Gasteiger partial charge in [-0.2, -0.15) is 11.8 Å². The molecule has 0 saturated carbocycles. The van der Waals surface area contributed by atoms with Crippen LogP contribution in [0, 0.1) is 5.92 Å². The normalized spacial score (nSPS) is 22.5. The molecule has 2 nitrogen and oxygen atoms in total. The van der Waals surface area contributed by atoms with Crippen LogP contribution in [0.1, 0.15) is 26.2 Å². The van der Waals surface area contributed by atoms with Crippen molar-refractivity contribution < 1.29 is 0 Å². The Labute approximate surface area is 92.6 Å². The van der Waals surface area contributed by atoms with Gasteiger partial charge in [-0.3, -0.25) is 0 Å². The second-order valence-electron chi connectivity index (χ2n) is 4.52. The van der Waals surface area contributed by atoms with E-state index in [1.54, 1.807) is 0 Å². The van der Waals surface area contributed by atoms with Gasteiger partial charge in [0.1, 0.15) is 0 Å². The van der Waals surface area contributed by atoms with Crippen molar-refractivity contribution in [3.63, 3.8) is 0 Å². The van der Waals surface area contributed by atoms with Crippen LogP contribution in [0.4, 0.5) is 0 Å². The van der Waals surface area contributed by atoms with Crippen molar-refractivity contribution in [2.75, 3.05) is 31.6 Å². The van der Waals surface area contributed by atoms with Gasteiger partial charge in [0.15, 0.2) is 0 Å². The van der Waals surface area contributed by atoms with Gasteiger partial charge in [-0.15, -0.1) is 0 Å².